The smallest absolute Gasteiger partial charge is 0.258 e. The zero-order chi connectivity index (χ0) is 16.8. The van der Waals surface area contributed by atoms with Crippen molar-refractivity contribution in [2.24, 2.45) is 5.92 Å². The van der Waals surface area contributed by atoms with E-state index in [-0.39, 0.29) is 17.7 Å². The number of carbonyl (C=O) groups is 2. The van der Waals surface area contributed by atoms with Crippen LogP contribution in [0.15, 0.2) is 41.6 Å². The third-order valence-electron chi connectivity index (χ3n) is 5.39. The normalized spacial score (nSPS) is 27.0. The number of hydrazine groups is 1. The molecule has 4 rings (SSSR count). The number of rotatable bonds is 2. The zero-order valence-electron chi connectivity index (χ0n) is 14.2. The summed E-state index contributed by atoms with van der Waals surface area (Å²) in [5, 5.41) is 4.07. The molecule has 1 saturated heterocycles. The molecule has 1 aromatic carbocycles. The lowest BCUT2D eigenvalue weighted by atomic mass is 9.82. The number of nitrogens with zero attached hydrogens (tertiary/aromatic N) is 3. The third-order valence-corrected chi connectivity index (χ3v) is 5.39. The number of hydrogen-bond donors (Lipinski definition) is 0. The lowest BCUT2D eigenvalue weighted by Crippen LogP contribution is -2.53. The first kappa shape index (κ1) is 15.4. The lowest BCUT2D eigenvalue weighted by Gasteiger charge is -2.44. The van der Waals surface area contributed by atoms with Crippen molar-refractivity contribution in [2.75, 3.05) is 19.0 Å². The van der Waals surface area contributed by atoms with Gasteiger partial charge >= 0.3 is 0 Å². The molecule has 0 bridgehead atoms. The Kier molecular flexibility index (Phi) is 3.68. The summed E-state index contributed by atoms with van der Waals surface area (Å²) in [6, 6.07) is 8.90. The molecule has 1 aliphatic carbocycles. The first-order valence-electron chi connectivity index (χ1n) is 8.70. The molecule has 0 saturated carbocycles. The first-order chi connectivity index (χ1) is 11.6. The highest BCUT2D eigenvalue weighted by Crippen LogP contribution is 2.44. The highest BCUT2D eigenvalue weighted by molar-refractivity contribution is 6.23. The maximum Gasteiger partial charge on any atom is 0.258 e. The number of fused-ring (bicyclic) bond motifs is 1. The van der Waals surface area contributed by atoms with Crippen LogP contribution < -0.4 is 4.90 Å². The Bertz CT molecular complexity index is 711. The summed E-state index contributed by atoms with van der Waals surface area (Å²) in [6.07, 6.45) is 5.13. The summed E-state index contributed by atoms with van der Waals surface area (Å²) < 4.78 is 0. The molecule has 0 unspecified atom stereocenters. The second kappa shape index (κ2) is 5.74. The molecule has 1 fully saturated rings. The van der Waals surface area contributed by atoms with Crippen LogP contribution in [0.3, 0.4) is 0 Å². The van der Waals surface area contributed by atoms with Crippen LogP contribution in [-0.4, -0.2) is 42.0 Å². The Labute approximate surface area is 142 Å². The monoisotopic (exact) mass is 325 g/mol. The minimum absolute atomic E-state index is 0.0554. The predicted molar refractivity (Wildman–Crippen MR) is 91.9 cm³/mol. The van der Waals surface area contributed by atoms with Gasteiger partial charge in [-0.25, -0.2) is 9.91 Å². The highest BCUT2D eigenvalue weighted by atomic mass is 16.2. The van der Waals surface area contributed by atoms with Crippen LogP contribution in [0.25, 0.3) is 0 Å². The second-order valence-corrected chi connectivity index (χ2v) is 7.05. The average molecular weight is 325 g/mol. The van der Waals surface area contributed by atoms with E-state index >= 15 is 0 Å². The van der Waals surface area contributed by atoms with E-state index in [1.165, 1.54) is 22.6 Å². The van der Waals surface area contributed by atoms with E-state index in [4.69, 9.17) is 0 Å². The maximum atomic E-state index is 13.2. The quantitative estimate of drug-likeness (QED) is 0.784. The van der Waals surface area contributed by atoms with E-state index < -0.39 is 6.04 Å². The van der Waals surface area contributed by atoms with E-state index in [1.54, 1.807) is 0 Å². The molecule has 5 heteroatoms. The number of para-hydroxylation sites is 1. The number of imide groups is 1. The van der Waals surface area contributed by atoms with Crippen molar-refractivity contribution in [3.05, 3.63) is 41.6 Å². The van der Waals surface area contributed by atoms with E-state index in [0.717, 1.165) is 25.7 Å². The van der Waals surface area contributed by atoms with Gasteiger partial charge in [-0.05, 0) is 49.8 Å². The van der Waals surface area contributed by atoms with Crippen LogP contribution in [0.2, 0.25) is 0 Å². The van der Waals surface area contributed by atoms with E-state index in [0.29, 0.717) is 5.69 Å². The third kappa shape index (κ3) is 2.18. The molecule has 0 aromatic heterocycles. The first-order valence-corrected chi connectivity index (χ1v) is 8.70. The fraction of sp³-hybridized carbons (Fsp3) is 0.474. The summed E-state index contributed by atoms with van der Waals surface area (Å²) >= 11 is 0. The van der Waals surface area contributed by atoms with Crippen molar-refractivity contribution in [2.45, 2.75) is 38.1 Å². The SMILES string of the molecule is CN(C)N1C2=C(CCCC2)C[C@@H]2C(=O)N(c3ccccc3)C(=O)[C@@H]21. The Balaban J connectivity index is 1.76. The molecular formula is C19H23N3O2. The highest BCUT2D eigenvalue weighted by Gasteiger charge is 2.54. The van der Waals surface area contributed by atoms with Crippen molar-refractivity contribution in [3.63, 3.8) is 0 Å². The lowest BCUT2D eigenvalue weighted by molar-refractivity contribution is -0.128. The fourth-order valence-electron chi connectivity index (χ4n) is 4.39. The van der Waals surface area contributed by atoms with Crippen molar-refractivity contribution in [1.82, 2.24) is 10.0 Å². The van der Waals surface area contributed by atoms with Gasteiger partial charge in [0.25, 0.3) is 5.91 Å². The van der Waals surface area contributed by atoms with Gasteiger partial charge in [0.15, 0.2) is 0 Å². The number of benzene rings is 1. The molecule has 1 aromatic rings. The molecule has 5 nitrogen and oxygen atoms in total. The summed E-state index contributed by atoms with van der Waals surface area (Å²) in [6.45, 7) is 0. The van der Waals surface area contributed by atoms with Gasteiger partial charge in [0, 0.05) is 19.8 Å². The largest absolute Gasteiger partial charge is 0.297 e. The molecule has 0 N–H and O–H groups in total. The summed E-state index contributed by atoms with van der Waals surface area (Å²) in [7, 11) is 3.93. The topological polar surface area (TPSA) is 43.9 Å². The van der Waals surface area contributed by atoms with Crippen LogP contribution in [0.4, 0.5) is 5.69 Å². The maximum absolute atomic E-state index is 13.2. The molecule has 2 heterocycles. The minimum Gasteiger partial charge on any atom is -0.297 e. The average Bonchev–Trinajstić information content (AvgIpc) is 2.84. The van der Waals surface area contributed by atoms with Gasteiger partial charge < -0.3 is 0 Å². The molecule has 126 valence electrons. The Hall–Kier alpha value is -2.14. The molecule has 0 radical (unpaired) electrons. The van der Waals surface area contributed by atoms with E-state index in [9.17, 15) is 9.59 Å². The molecule has 2 amide bonds. The van der Waals surface area contributed by atoms with Crippen LogP contribution in [0.5, 0.6) is 0 Å². The number of amides is 2. The zero-order valence-corrected chi connectivity index (χ0v) is 14.2. The number of hydrogen-bond acceptors (Lipinski definition) is 4. The molecule has 2 aliphatic heterocycles. The van der Waals surface area contributed by atoms with Gasteiger partial charge in [-0.3, -0.25) is 14.6 Å². The van der Waals surface area contributed by atoms with Crippen molar-refractivity contribution in [3.8, 4) is 0 Å². The van der Waals surface area contributed by atoms with Crippen molar-refractivity contribution >= 4 is 17.5 Å². The van der Waals surface area contributed by atoms with Gasteiger partial charge in [-0.15, -0.1) is 0 Å². The van der Waals surface area contributed by atoms with Crippen LogP contribution >= 0.6 is 0 Å². The predicted octanol–water partition coefficient (Wildman–Crippen LogP) is 2.56. The van der Waals surface area contributed by atoms with Gasteiger partial charge in [0.05, 0.1) is 11.6 Å². The summed E-state index contributed by atoms with van der Waals surface area (Å²) in [4.78, 5) is 27.6. The molecule has 24 heavy (non-hydrogen) atoms. The Morgan fingerprint density at radius 2 is 1.71 bits per heavy atom. The number of anilines is 1. The number of allylic oxidation sites excluding steroid dienone is 2. The van der Waals surface area contributed by atoms with E-state index in [2.05, 4.69) is 5.01 Å². The van der Waals surface area contributed by atoms with Crippen LogP contribution in [-0.2, 0) is 9.59 Å². The summed E-state index contributed by atoms with van der Waals surface area (Å²) in [5.41, 5.74) is 3.31. The Morgan fingerprint density at radius 3 is 2.42 bits per heavy atom. The van der Waals surface area contributed by atoms with Gasteiger partial charge in [0.2, 0.25) is 5.91 Å². The summed E-state index contributed by atoms with van der Waals surface area (Å²) in [5.74, 6) is -0.417. The molecule has 3 aliphatic rings. The van der Waals surface area contributed by atoms with Crippen LogP contribution in [0, 0.1) is 5.92 Å². The van der Waals surface area contributed by atoms with Gasteiger partial charge in [-0.2, -0.15) is 0 Å². The minimum atomic E-state index is -0.399. The fourth-order valence-corrected chi connectivity index (χ4v) is 4.39. The van der Waals surface area contributed by atoms with Gasteiger partial charge in [0.1, 0.15) is 6.04 Å². The van der Waals surface area contributed by atoms with Crippen molar-refractivity contribution < 1.29 is 9.59 Å². The Morgan fingerprint density at radius 1 is 1.00 bits per heavy atom. The standard InChI is InChI=1S/C19H23N3O2/c1-20(2)22-16-11-7-6-8-13(16)12-15-17(22)19(24)21(18(15)23)14-9-4-3-5-10-14/h3-5,9-10,15,17H,6-8,11-12H2,1-2H3/t15-,17+/m0/s1. The van der Waals surface area contributed by atoms with E-state index in [1.807, 2.05) is 49.4 Å². The molecular weight excluding hydrogens is 302 g/mol. The number of carbonyl (C=O) groups excluding carboxylic acids is 2. The van der Waals surface area contributed by atoms with Crippen molar-refractivity contribution in [1.29, 1.82) is 0 Å². The van der Waals surface area contributed by atoms with Gasteiger partial charge in [-0.1, -0.05) is 18.2 Å². The van der Waals surface area contributed by atoms with Crippen LogP contribution in [0.1, 0.15) is 32.1 Å². The molecule has 2 atom stereocenters. The second-order valence-electron chi connectivity index (χ2n) is 7.05. The molecule has 0 spiro atoms.